The molecule has 27 heavy (non-hydrogen) atoms. The fraction of sp³-hybridized carbons (Fsp3) is 0.579. The molecule has 4 rings (SSSR count). The number of rotatable bonds is 4. The molecule has 0 aromatic heterocycles. The smallest absolute Gasteiger partial charge is 0.414 e. The Kier molecular flexibility index (Phi) is 4.92. The van der Waals surface area contributed by atoms with Gasteiger partial charge in [-0.2, -0.15) is 0 Å². The highest BCUT2D eigenvalue weighted by Crippen LogP contribution is 2.30. The number of nitrogens with one attached hydrogen (secondary N) is 1. The molecule has 0 spiro atoms. The van der Waals surface area contributed by atoms with Crippen LogP contribution in [0.2, 0.25) is 0 Å². The van der Waals surface area contributed by atoms with Crippen LogP contribution in [-0.4, -0.2) is 81.5 Å². The molecule has 8 heteroatoms. The molecule has 3 atom stereocenters. The zero-order valence-electron chi connectivity index (χ0n) is 15.8. The molecule has 0 radical (unpaired) electrons. The number of benzene rings is 1. The number of ether oxygens (including phenoxy) is 2. The summed E-state index contributed by atoms with van der Waals surface area (Å²) < 4.78 is 11.2. The SMILES string of the molecule is CC(=O)NCC1CN(c2ccc(N3CCOC4CN(C)CC43)cc2)C(=O)O1. The van der Waals surface area contributed by atoms with E-state index in [-0.39, 0.29) is 24.2 Å². The molecule has 1 N–H and O–H groups in total. The summed E-state index contributed by atoms with van der Waals surface area (Å²) in [7, 11) is 2.12. The van der Waals surface area contributed by atoms with Gasteiger partial charge in [0.2, 0.25) is 5.91 Å². The van der Waals surface area contributed by atoms with Gasteiger partial charge in [0.05, 0.1) is 31.8 Å². The standard InChI is InChI=1S/C19H26N4O4/c1-13(24)20-9-16-10-23(19(25)27-16)15-5-3-14(4-6-15)22-7-8-26-18-12-21(2)11-17(18)22/h3-6,16-18H,7-12H2,1-2H3,(H,20,24). The van der Waals surface area contributed by atoms with E-state index >= 15 is 0 Å². The van der Waals surface area contributed by atoms with Gasteiger partial charge < -0.3 is 24.6 Å². The summed E-state index contributed by atoms with van der Waals surface area (Å²) in [6.45, 7) is 5.79. The summed E-state index contributed by atoms with van der Waals surface area (Å²) in [6.07, 6.45) is -0.441. The van der Waals surface area contributed by atoms with Gasteiger partial charge in [-0.3, -0.25) is 9.69 Å². The van der Waals surface area contributed by atoms with Gasteiger partial charge in [0.1, 0.15) is 6.10 Å². The van der Waals surface area contributed by atoms with E-state index in [0.29, 0.717) is 19.1 Å². The molecule has 2 amide bonds. The number of carbonyl (C=O) groups is 2. The molecule has 3 aliphatic rings. The van der Waals surface area contributed by atoms with E-state index in [2.05, 4.69) is 34.3 Å². The Bertz CT molecular complexity index is 710. The highest BCUT2D eigenvalue weighted by atomic mass is 16.6. The summed E-state index contributed by atoms with van der Waals surface area (Å²) >= 11 is 0. The zero-order valence-corrected chi connectivity index (χ0v) is 15.8. The van der Waals surface area contributed by atoms with Gasteiger partial charge in [0.25, 0.3) is 0 Å². The zero-order chi connectivity index (χ0) is 19.0. The molecule has 8 nitrogen and oxygen atoms in total. The van der Waals surface area contributed by atoms with Gasteiger partial charge in [0, 0.05) is 37.9 Å². The van der Waals surface area contributed by atoms with Crippen molar-refractivity contribution in [1.82, 2.24) is 10.2 Å². The molecule has 1 aromatic carbocycles. The number of amides is 2. The number of likely N-dealkylation sites (N-methyl/N-ethyl adjacent to an activating group) is 1. The molecule has 3 unspecified atom stereocenters. The normalized spacial score (nSPS) is 28.2. The Balaban J connectivity index is 1.43. The van der Waals surface area contributed by atoms with Crippen LogP contribution in [-0.2, 0) is 14.3 Å². The molecule has 3 saturated heterocycles. The second-order valence-corrected chi connectivity index (χ2v) is 7.46. The first kappa shape index (κ1) is 18.1. The fourth-order valence-electron chi connectivity index (χ4n) is 4.11. The van der Waals surface area contributed by atoms with Crippen LogP contribution in [0.1, 0.15) is 6.92 Å². The highest BCUT2D eigenvalue weighted by molar-refractivity contribution is 5.90. The molecule has 3 heterocycles. The summed E-state index contributed by atoms with van der Waals surface area (Å²) in [6, 6.07) is 8.41. The molecule has 0 aliphatic carbocycles. The van der Waals surface area contributed by atoms with Crippen molar-refractivity contribution in [3.63, 3.8) is 0 Å². The van der Waals surface area contributed by atoms with E-state index in [1.807, 2.05) is 12.1 Å². The van der Waals surface area contributed by atoms with Crippen molar-refractivity contribution in [3.8, 4) is 0 Å². The number of cyclic esters (lactones) is 1. The maximum absolute atomic E-state index is 12.2. The van der Waals surface area contributed by atoms with Gasteiger partial charge in [-0.1, -0.05) is 0 Å². The lowest BCUT2D eigenvalue weighted by molar-refractivity contribution is -0.119. The van der Waals surface area contributed by atoms with Crippen molar-refractivity contribution in [2.24, 2.45) is 0 Å². The number of likely N-dealkylation sites (tertiary alicyclic amines) is 1. The molecule has 0 saturated carbocycles. The first-order valence-electron chi connectivity index (χ1n) is 9.40. The summed E-state index contributed by atoms with van der Waals surface area (Å²) in [5, 5.41) is 2.69. The van der Waals surface area contributed by atoms with Crippen molar-refractivity contribution < 1.29 is 19.1 Å². The summed E-state index contributed by atoms with van der Waals surface area (Å²) in [5.41, 5.74) is 1.96. The molecule has 146 valence electrons. The van der Waals surface area contributed by atoms with Crippen molar-refractivity contribution in [2.45, 2.75) is 25.2 Å². The minimum absolute atomic E-state index is 0.129. The molecule has 3 aliphatic heterocycles. The third-order valence-corrected chi connectivity index (χ3v) is 5.43. The first-order valence-corrected chi connectivity index (χ1v) is 9.40. The largest absolute Gasteiger partial charge is 0.442 e. The lowest BCUT2D eigenvalue weighted by Crippen LogP contribution is -2.50. The monoisotopic (exact) mass is 374 g/mol. The molecule has 1 aromatic rings. The highest BCUT2D eigenvalue weighted by Gasteiger charge is 2.39. The van der Waals surface area contributed by atoms with E-state index in [9.17, 15) is 9.59 Å². The predicted octanol–water partition coefficient (Wildman–Crippen LogP) is 0.667. The van der Waals surface area contributed by atoms with Crippen LogP contribution >= 0.6 is 0 Å². The number of anilines is 2. The van der Waals surface area contributed by atoms with Gasteiger partial charge in [-0.15, -0.1) is 0 Å². The van der Waals surface area contributed by atoms with Crippen LogP contribution in [0.15, 0.2) is 24.3 Å². The van der Waals surface area contributed by atoms with Crippen LogP contribution < -0.4 is 15.1 Å². The first-order chi connectivity index (χ1) is 13.0. The third kappa shape index (κ3) is 3.72. The number of nitrogens with zero attached hydrogens (tertiary/aromatic N) is 3. The van der Waals surface area contributed by atoms with Gasteiger partial charge in [-0.05, 0) is 31.3 Å². The van der Waals surface area contributed by atoms with Crippen LogP contribution in [0.25, 0.3) is 0 Å². The molecular weight excluding hydrogens is 348 g/mol. The molecule has 0 bridgehead atoms. The number of hydrogen-bond donors (Lipinski definition) is 1. The second-order valence-electron chi connectivity index (χ2n) is 7.46. The van der Waals surface area contributed by atoms with Crippen molar-refractivity contribution in [1.29, 1.82) is 0 Å². The predicted molar refractivity (Wildman–Crippen MR) is 101 cm³/mol. The minimum Gasteiger partial charge on any atom is -0.442 e. The average molecular weight is 374 g/mol. The molecule has 3 fully saturated rings. The third-order valence-electron chi connectivity index (χ3n) is 5.43. The van der Waals surface area contributed by atoms with E-state index in [1.165, 1.54) is 6.92 Å². The maximum Gasteiger partial charge on any atom is 0.414 e. The average Bonchev–Trinajstić information content (AvgIpc) is 3.21. The van der Waals surface area contributed by atoms with E-state index < -0.39 is 0 Å². The van der Waals surface area contributed by atoms with Crippen molar-refractivity contribution >= 4 is 23.4 Å². The number of carbonyl (C=O) groups excluding carboxylic acids is 2. The van der Waals surface area contributed by atoms with E-state index in [0.717, 1.165) is 37.6 Å². The number of morpholine rings is 1. The van der Waals surface area contributed by atoms with E-state index in [1.54, 1.807) is 4.90 Å². The Labute approximate surface area is 159 Å². The van der Waals surface area contributed by atoms with Gasteiger partial charge in [0.15, 0.2) is 0 Å². The lowest BCUT2D eigenvalue weighted by Gasteiger charge is -2.38. The fourth-order valence-corrected chi connectivity index (χ4v) is 4.11. The summed E-state index contributed by atoms with van der Waals surface area (Å²) in [4.78, 5) is 29.5. The lowest BCUT2D eigenvalue weighted by atomic mass is 10.1. The second kappa shape index (κ2) is 7.36. The number of hydrogen-bond acceptors (Lipinski definition) is 6. The number of fused-ring (bicyclic) bond motifs is 1. The minimum atomic E-state index is -0.373. The van der Waals surface area contributed by atoms with Crippen LogP contribution in [0.5, 0.6) is 0 Å². The molecular formula is C19H26N4O4. The van der Waals surface area contributed by atoms with Crippen LogP contribution in [0, 0.1) is 0 Å². The van der Waals surface area contributed by atoms with Crippen molar-refractivity contribution in [3.05, 3.63) is 24.3 Å². The summed E-state index contributed by atoms with van der Waals surface area (Å²) in [5.74, 6) is -0.129. The Morgan fingerprint density at radius 3 is 2.67 bits per heavy atom. The maximum atomic E-state index is 12.2. The Morgan fingerprint density at radius 2 is 1.93 bits per heavy atom. The Hall–Kier alpha value is -2.32. The Morgan fingerprint density at radius 1 is 1.19 bits per heavy atom. The van der Waals surface area contributed by atoms with Gasteiger partial charge >= 0.3 is 6.09 Å². The van der Waals surface area contributed by atoms with E-state index in [4.69, 9.17) is 9.47 Å². The van der Waals surface area contributed by atoms with Crippen molar-refractivity contribution in [2.75, 3.05) is 56.2 Å². The van der Waals surface area contributed by atoms with Crippen LogP contribution in [0.3, 0.4) is 0 Å². The van der Waals surface area contributed by atoms with Crippen LogP contribution in [0.4, 0.5) is 16.2 Å². The topological polar surface area (TPSA) is 74.4 Å². The van der Waals surface area contributed by atoms with Gasteiger partial charge in [-0.25, -0.2) is 4.79 Å². The quantitative estimate of drug-likeness (QED) is 0.835.